The fraction of sp³-hybridized carbons (Fsp3) is 0.727. The van der Waals surface area contributed by atoms with Crippen LogP contribution in [0.1, 0.15) is 44.5 Å². The summed E-state index contributed by atoms with van der Waals surface area (Å²) in [5, 5.41) is 4.89. The predicted molar refractivity (Wildman–Crippen MR) is 63.5 cm³/mol. The lowest BCUT2D eigenvalue weighted by Gasteiger charge is -2.21. The molecule has 0 amide bonds. The smallest absolute Gasteiger partial charge is 0.0835 e. The predicted octanol–water partition coefficient (Wildman–Crippen LogP) is 2.30. The van der Waals surface area contributed by atoms with E-state index in [0.29, 0.717) is 5.02 Å². The first-order chi connectivity index (χ1) is 7.61. The highest BCUT2D eigenvalue weighted by Gasteiger charge is 2.29. The van der Waals surface area contributed by atoms with E-state index in [9.17, 15) is 0 Å². The number of halogens is 1. The molecule has 4 nitrogen and oxygen atoms in total. The molecule has 5 heteroatoms. The van der Waals surface area contributed by atoms with Crippen molar-refractivity contribution in [2.24, 2.45) is 5.73 Å². The zero-order valence-electron chi connectivity index (χ0n) is 9.69. The van der Waals surface area contributed by atoms with Gasteiger partial charge < -0.3 is 10.5 Å². The van der Waals surface area contributed by atoms with Crippen LogP contribution in [0, 0.1) is 0 Å². The van der Waals surface area contributed by atoms with E-state index >= 15 is 0 Å². The third-order valence-electron chi connectivity index (χ3n) is 2.96. The number of rotatable bonds is 3. The third-order valence-corrected chi connectivity index (χ3v) is 3.25. The number of nitrogens with zero attached hydrogens (tertiary/aromatic N) is 2. The van der Waals surface area contributed by atoms with E-state index in [1.165, 1.54) is 0 Å². The van der Waals surface area contributed by atoms with Crippen LogP contribution in [0.25, 0.3) is 0 Å². The number of hydrogen-bond acceptors (Lipinski definition) is 3. The highest BCUT2D eigenvalue weighted by atomic mass is 35.5. The molecule has 0 aromatic carbocycles. The molecule has 1 aliphatic heterocycles. The molecule has 2 unspecified atom stereocenters. The lowest BCUT2D eigenvalue weighted by atomic mass is 10.1. The van der Waals surface area contributed by atoms with E-state index in [1.807, 2.05) is 4.68 Å². The molecule has 16 heavy (non-hydrogen) atoms. The number of aromatic nitrogens is 2. The Morgan fingerprint density at radius 3 is 2.94 bits per heavy atom. The summed E-state index contributed by atoms with van der Waals surface area (Å²) >= 11 is 6.14. The van der Waals surface area contributed by atoms with Gasteiger partial charge in [-0.25, -0.2) is 0 Å². The highest BCUT2D eigenvalue weighted by molar-refractivity contribution is 6.31. The summed E-state index contributed by atoms with van der Waals surface area (Å²) in [7, 11) is 0. The van der Waals surface area contributed by atoms with Crippen molar-refractivity contribution in [1.82, 2.24) is 9.78 Å². The fourth-order valence-electron chi connectivity index (χ4n) is 2.14. The van der Waals surface area contributed by atoms with E-state index in [2.05, 4.69) is 18.9 Å². The fourth-order valence-corrected chi connectivity index (χ4v) is 2.39. The van der Waals surface area contributed by atoms with Crippen LogP contribution >= 0.6 is 11.6 Å². The van der Waals surface area contributed by atoms with Gasteiger partial charge in [0.05, 0.1) is 29.1 Å². The van der Waals surface area contributed by atoms with Crippen molar-refractivity contribution in [3.8, 4) is 0 Å². The minimum absolute atomic E-state index is 0.0756. The molecule has 0 bridgehead atoms. The van der Waals surface area contributed by atoms with Crippen molar-refractivity contribution < 1.29 is 4.74 Å². The van der Waals surface area contributed by atoms with Crippen LogP contribution in [0.3, 0.4) is 0 Å². The van der Waals surface area contributed by atoms with Crippen molar-refractivity contribution in [2.75, 3.05) is 6.61 Å². The maximum atomic E-state index is 6.21. The molecule has 2 rings (SSSR count). The number of nitrogens with two attached hydrogens (primary N) is 1. The molecule has 0 saturated carbocycles. The summed E-state index contributed by atoms with van der Waals surface area (Å²) in [6, 6.07) is 0.0786. The van der Waals surface area contributed by atoms with Gasteiger partial charge in [0.2, 0.25) is 0 Å². The first kappa shape index (κ1) is 11.9. The molecule has 2 N–H and O–H groups in total. The second kappa shape index (κ2) is 4.73. The van der Waals surface area contributed by atoms with Crippen LogP contribution in [0.15, 0.2) is 6.20 Å². The largest absolute Gasteiger partial charge is 0.376 e. The van der Waals surface area contributed by atoms with Crippen molar-refractivity contribution >= 4 is 11.6 Å². The maximum absolute atomic E-state index is 6.21. The highest BCUT2D eigenvalue weighted by Crippen LogP contribution is 2.30. The van der Waals surface area contributed by atoms with Crippen molar-refractivity contribution in [2.45, 2.75) is 44.9 Å². The maximum Gasteiger partial charge on any atom is 0.0835 e. The van der Waals surface area contributed by atoms with Gasteiger partial charge in [-0.1, -0.05) is 11.6 Å². The van der Waals surface area contributed by atoms with Crippen LogP contribution in [-0.2, 0) is 4.74 Å². The molecular formula is C11H18ClN3O. The van der Waals surface area contributed by atoms with E-state index in [-0.39, 0.29) is 18.2 Å². The van der Waals surface area contributed by atoms with Gasteiger partial charge in [0.15, 0.2) is 0 Å². The molecule has 1 aliphatic rings. The lowest BCUT2D eigenvalue weighted by molar-refractivity contribution is 0.0872. The lowest BCUT2D eigenvalue weighted by Crippen LogP contribution is -2.29. The van der Waals surface area contributed by atoms with Crippen molar-refractivity contribution in [3.63, 3.8) is 0 Å². The van der Waals surface area contributed by atoms with Gasteiger partial charge in [-0.15, -0.1) is 0 Å². The zero-order valence-corrected chi connectivity index (χ0v) is 10.4. The SMILES string of the molecule is CC(C)n1ncc(Cl)c1C(N)C1CCCO1. The van der Waals surface area contributed by atoms with Gasteiger partial charge in [-0.3, -0.25) is 4.68 Å². The van der Waals surface area contributed by atoms with Gasteiger partial charge in [0.25, 0.3) is 0 Å². The molecule has 90 valence electrons. The average Bonchev–Trinajstić information content (AvgIpc) is 2.84. The standard InChI is InChI=1S/C11H18ClN3O/c1-7(2)15-11(8(12)6-14-15)10(13)9-4-3-5-16-9/h6-7,9-10H,3-5,13H2,1-2H3. The molecular weight excluding hydrogens is 226 g/mol. The molecule has 2 atom stereocenters. The Balaban J connectivity index is 2.27. The molecule has 1 saturated heterocycles. The number of ether oxygens (including phenoxy) is 1. The average molecular weight is 244 g/mol. The van der Waals surface area contributed by atoms with Crippen LogP contribution in [-0.4, -0.2) is 22.5 Å². The van der Waals surface area contributed by atoms with Gasteiger partial charge >= 0.3 is 0 Å². The van der Waals surface area contributed by atoms with Crippen LogP contribution < -0.4 is 5.73 Å². The Morgan fingerprint density at radius 1 is 1.62 bits per heavy atom. The summed E-state index contributed by atoms with van der Waals surface area (Å²) in [5.41, 5.74) is 7.11. The summed E-state index contributed by atoms with van der Waals surface area (Å²) in [4.78, 5) is 0. The van der Waals surface area contributed by atoms with Gasteiger partial charge in [0.1, 0.15) is 0 Å². The quantitative estimate of drug-likeness (QED) is 0.886. The Morgan fingerprint density at radius 2 is 2.38 bits per heavy atom. The Labute approximate surface area is 101 Å². The summed E-state index contributed by atoms with van der Waals surface area (Å²) in [6.07, 6.45) is 3.81. The monoisotopic (exact) mass is 243 g/mol. The van der Waals surface area contributed by atoms with E-state index < -0.39 is 0 Å². The number of hydrogen-bond donors (Lipinski definition) is 1. The summed E-state index contributed by atoms with van der Waals surface area (Å²) in [5.74, 6) is 0. The van der Waals surface area contributed by atoms with Crippen LogP contribution in [0.2, 0.25) is 5.02 Å². The minimum Gasteiger partial charge on any atom is -0.376 e. The zero-order chi connectivity index (χ0) is 11.7. The van der Waals surface area contributed by atoms with Gasteiger partial charge in [0, 0.05) is 12.6 Å². The van der Waals surface area contributed by atoms with E-state index in [1.54, 1.807) is 6.20 Å². The summed E-state index contributed by atoms with van der Waals surface area (Å²) < 4.78 is 7.49. The van der Waals surface area contributed by atoms with E-state index in [0.717, 1.165) is 25.1 Å². The van der Waals surface area contributed by atoms with Gasteiger partial charge in [-0.05, 0) is 26.7 Å². The molecule has 1 aromatic rings. The minimum atomic E-state index is -0.181. The van der Waals surface area contributed by atoms with Crippen LogP contribution in [0.5, 0.6) is 0 Å². The Hall–Kier alpha value is -0.580. The normalized spacial score (nSPS) is 22.9. The van der Waals surface area contributed by atoms with Crippen molar-refractivity contribution in [1.29, 1.82) is 0 Å². The Bertz CT molecular complexity index is 358. The first-order valence-electron chi connectivity index (χ1n) is 5.71. The third kappa shape index (κ3) is 2.10. The summed E-state index contributed by atoms with van der Waals surface area (Å²) in [6.45, 7) is 4.93. The van der Waals surface area contributed by atoms with Gasteiger partial charge in [-0.2, -0.15) is 5.10 Å². The Kier molecular flexibility index (Phi) is 3.52. The van der Waals surface area contributed by atoms with Crippen molar-refractivity contribution in [3.05, 3.63) is 16.9 Å². The van der Waals surface area contributed by atoms with Crippen LogP contribution in [0.4, 0.5) is 0 Å². The first-order valence-corrected chi connectivity index (χ1v) is 6.09. The molecule has 0 radical (unpaired) electrons. The molecule has 1 aromatic heterocycles. The molecule has 2 heterocycles. The molecule has 1 fully saturated rings. The molecule has 0 spiro atoms. The second-order valence-electron chi connectivity index (χ2n) is 4.49. The second-order valence-corrected chi connectivity index (χ2v) is 4.90. The molecule has 0 aliphatic carbocycles. The van der Waals surface area contributed by atoms with E-state index in [4.69, 9.17) is 22.1 Å². The topological polar surface area (TPSA) is 53.1 Å².